The summed E-state index contributed by atoms with van der Waals surface area (Å²) in [5, 5.41) is 0.760. The van der Waals surface area contributed by atoms with Crippen molar-refractivity contribution in [1.29, 1.82) is 0 Å². The fourth-order valence-corrected chi connectivity index (χ4v) is 4.19. The van der Waals surface area contributed by atoms with E-state index >= 15 is 0 Å². The number of nitrogens with one attached hydrogen (secondary N) is 1. The van der Waals surface area contributed by atoms with Gasteiger partial charge in [0.2, 0.25) is 0 Å². The summed E-state index contributed by atoms with van der Waals surface area (Å²) in [5.74, 6) is 0. The molecule has 1 fully saturated rings. The van der Waals surface area contributed by atoms with Gasteiger partial charge in [0.25, 0.3) is 0 Å². The molecule has 0 bridgehead atoms. The molecule has 102 valence electrons. The van der Waals surface area contributed by atoms with Gasteiger partial charge in [-0.05, 0) is 56.3 Å². The van der Waals surface area contributed by atoms with Crippen LogP contribution < -0.4 is 0 Å². The highest BCUT2D eigenvalue weighted by molar-refractivity contribution is 7.99. The lowest BCUT2D eigenvalue weighted by Gasteiger charge is -2.29. The Hall–Kier alpha value is -0.810. The van der Waals surface area contributed by atoms with Crippen molar-refractivity contribution in [3.63, 3.8) is 0 Å². The van der Waals surface area contributed by atoms with Crippen molar-refractivity contribution in [3.05, 3.63) is 22.6 Å². The average Bonchev–Trinajstić information content (AvgIpc) is 2.73. The number of nitrogens with zero attached hydrogens (tertiary/aromatic N) is 2. The molecule has 1 saturated carbocycles. The van der Waals surface area contributed by atoms with Crippen LogP contribution in [0.25, 0.3) is 11.2 Å². The van der Waals surface area contributed by atoms with Gasteiger partial charge < -0.3 is 4.98 Å². The largest absolute Gasteiger partial charge is 0.329 e. The summed E-state index contributed by atoms with van der Waals surface area (Å²) in [4.78, 5) is 7.89. The minimum absolute atomic E-state index is 0.502. The predicted molar refractivity (Wildman–Crippen MR) is 84.5 cm³/mol. The molecule has 0 aliphatic heterocycles. The first-order valence-electron chi connectivity index (χ1n) is 6.78. The highest BCUT2D eigenvalue weighted by atomic mass is 32.2. The smallest absolute Gasteiger partial charge is 0.179 e. The van der Waals surface area contributed by atoms with Crippen molar-refractivity contribution in [2.45, 2.75) is 43.9 Å². The molecular weight excluding hydrogens is 274 g/mol. The standard InChI is InChI=1S/C14H19N3S2/c1-9-6-12-13(15-8-9)17(14(18)16-12)10-4-3-5-11(7-10)19-2/h6,8,10-11H,3-5,7H2,1-2H3,(H,16,18). The van der Waals surface area contributed by atoms with Crippen LogP contribution in [0.3, 0.4) is 0 Å². The molecule has 1 N–H and O–H groups in total. The Kier molecular flexibility index (Phi) is 3.67. The Morgan fingerprint density at radius 1 is 1.47 bits per heavy atom. The van der Waals surface area contributed by atoms with Gasteiger partial charge in [0.15, 0.2) is 10.4 Å². The van der Waals surface area contributed by atoms with Crippen LogP contribution in [0.15, 0.2) is 12.3 Å². The molecule has 2 heterocycles. The monoisotopic (exact) mass is 293 g/mol. The molecular formula is C14H19N3S2. The summed E-state index contributed by atoms with van der Waals surface area (Å²) >= 11 is 7.50. The first-order valence-corrected chi connectivity index (χ1v) is 8.48. The average molecular weight is 293 g/mol. The Bertz CT molecular complexity index is 644. The van der Waals surface area contributed by atoms with E-state index in [1.807, 2.05) is 18.0 Å². The van der Waals surface area contributed by atoms with Crippen LogP contribution in [-0.4, -0.2) is 26.0 Å². The molecule has 0 aromatic carbocycles. The van der Waals surface area contributed by atoms with E-state index in [1.165, 1.54) is 31.2 Å². The maximum atomic E-state index is 5.51. The fourth-order valence-electron chi connectivity index (χ4n) is 3.03. The van der Waals surface area contributed by atoms with Crippen molar-refractivity contribution in [1.82, 2.24) is 14.5 Å². The number of aromatic amines is 1. The summed E-state index contributed by atoms with van der Waals surface area (Å²) in [6, 6.07) is 2.63. The third-order valence-corrected chi connectivity index (χ3v) is 5.38. The van der Waals surface area contributed by atoms with Gasteiger partial charge in [0, 0.05) is 17.5 Å². The number of thioether (sulfide) groups is 1. The Morgan fingerprint density at radius 3 is 3.11 bits per heavy atom. The summed E-state index contributed by atoms with van der Waals surface area (Å²) in [7, 11) is 0. The first-order chi connectivity index (χ1) is 9.19. The van der Waals surface area contributed by atoms with Gasteiger partial charge in [-0.3, -0.25) is 4.57 Å². The molecule has 2 aromatic rings. The predicted octanol–water partition coefficient (Wildman–Crippen LogP) is 4.25. The molecule has 3 rings (SSSR count). The van der Waals surface area contributed by atoms with E-state index in [1.54, 1.807) is 0 Å². The van der Waals surface area contributed by atoms with Crippen molar-refractivity contribution < 1.29 is 0 Å². The van der Waals surface area contributed by atoms with Crippen LogP contribution in [-0.2, 0) is 0 Å². The fraction of sp³-hybridized carbons (Fsp3) is 0.571. The van der Waals surface area contributed by atoms with Gasteiger partial charge in [-0.25, -0.2) is 4.98 Å². The second kappa shape index (κ2) is 5.29. The quantitative estimate of drug-likeness (QED) is 0.840. The van der Waals surface area contributed by atoms with Crippen LogP contribution in [0.4, 0.5) is 0 Å². The molecule has 2 unspecified atom stereocenters. The third kappa shape index (κ3) is 2.46. The summed E-state index contributed by atoms with van der Waals surface area (Å²) < 4.78 is 3.06. The van der Waals surface area contributed by atoms with Crippen LogP contribution in [0.1, 0.15) is 37.3 Å². The molecule has 0 radical (unpaired) electrons. The van der Waals surface area contributed by atoms with Gasteiger partial charge in [-0.2, -0.15) is 11.8 Å². The third-order valence-electron chi connectivity index (χ3n) is 3.99. The topological polar surface area (TPSA) is 33.6 Å². The van der Waals surface area contributed by atoms with Gasteiger partial charge in [-0.1, -0.05) is 6.42 Å². The Balaban J connectivity index is 2.04. The lowest BCUT2D eigenvalue weighted by molar-refractivity contribution is 0.364. The van der Waals surface area contributed by atoms with Crippen LogP contribution in [0.5, 0.6) is 0 Å². The number of aromatic nitrogens is 3. The lowest BCUT2D eigenvalue weighted by Crippen LogP contribution is -2.21. The molecule has 1 aliphatic carbocycles. The van der Waals surface area contributed by atoms with Gasteiger partial charge >= 0.3 is 0 Å². The summed E-state index contributed by atoms with van der Waals surface area (Å²) in [5.41, 5.74) is 3.25. The maximum absolute atomic E-state index is 5.51. The van der Waals surface area contributed by atoms with Crippen LogP contribution in [0, 0.1) is 11.7 Å². The van der Waals surface area contributed by atoms with Crippen molar-refractivity contribution in [2.24, 2.45) is 0 Å². The number of rotatable bonds is 2. The van der Waals surface area contributed by atoms with Gasteiger partial charge in [-0.15, -0.1) is 0 Å². The zero-order chi connectivity index (χ0) is 13.4. The van der Waals surface area contributed by atoms with Gasteiger partial charge in [0.1, 0.15) is 0 Å². The minimum atomic E-state index is 0.502. The van der Waals surface area contributed by atoms with E-state index in [0.717, 1.165) is 21.2 Å². The van der Waals surface area contributed by atoms with Crippen LogP contribution in [0.2, 0.25) is 0 Å². The molecule has 0 amide bonds. The molecule has 0 saturated heterocycles. The number of hydrogen-bond acceptors (Lipinski definition) is 3. The Labute approximate surface area is 122 Å². The number of imidazole rings is 1. The second-order valence-electron chi connectivity index (χ2n) is 5.36. The molecule has 5 heteroatoms. The molecule has 1 aliphatic rings. The SMILES string of the molecule is CSC1CCCC(n2c(=S)[nH]c3cc(C)cnc32)C1. The van der Waals surface area contributed by atoms with E-state index in [-0.39, 0.29) is 0 Å². The minimum Gasteiger partial charge on any atom is -0.329 e. The molecule has 2 atom stereocenters. The second-order valence-corrected chi connectivity index (χ2v) is 6.89. The molecule has 2 aromatic heterocycles. The van der Waals surface area contributed by atoms with E-state index in [2.05, 4.69) is 33.8 Å². The highest BCUT2D eigenvalue weighted by Gasteiger charge is 2.24. The van der Waals surface area contributed by atoms with E-state index in [9.17, 15) is 0 Å². The molecule has 19 heavy (non-hydrogen) atoms. The number of fused-ring (bicyclic) bond motifs is 1. The molecule has 0 spiro atoms. The number of H-pyrrole nitrogens is 1. The highest BCUT2D eigenvalue weighted by Crippen LogP contribution is 2.35. The van der Waals surface area contributed by atoms with E-state index < -0.39 is 0 Å². The maximum Gasteiger partial charge on any atom is 0.179 e. The number of pyridine rings is 1. The number of aryl methyl sites for hydroxylation is 1. The lowest BCUT2D eigenvalue weighted by atomic mass is 9.95. The van der Waals surface area contributed by atoms with Crippen molar-refractivity contribution >= 4 is 35.1 Å². The van der Waals surface area contributed by atoms with Crippen molar-refractivity contribution in [3.8, 4) is 0 Å². The van der Waals surface area contributed by atoms with Crippen LogP contribution >= 0.6 is 24.0 Å². The van der Waals surface area contributed by atoms with E-state index in [0.29, 0.717) is 6.04 Å². The summed E-state index contributed by atoms with van der Waals surface area (Å²) in [6.07, 6.45) is 9.18. The van der Waals surface area contributed by atoms with Gasteiger partial charge in [0.05, 0.1) is 5.52 Å². The first kappa shape index (κ1) is 13.2. The normalized spacial score (nSPS) is 23.9. The Morgan fingerprint density at radius 2 is 2.32 bits per heavy atom. The molecule has 3 nitrogen and oxygen atoms in total. The van der Waals surface area contributed by atoms with Crippen molar-refractivity contribution in [2.75, 3.05) is 6.26 Å². The number of hydrogen-bond donors (Lipinski definition) is 1. The summed E-state index contributed by atoms with van der Waals surface area (Å²) in [6.45, 7) is 2.06. The van der Waals surface area contributed by atoms with E-state index in [4.69, 9.17) is 12.2 Å². The zero-order valence-electron chi connectivity index (χ0n) is 11.3. The zero-order valence-corrected chi connectivity index (χ0v) is 13.0.